The number of rotatable bonds is 5. The van der Waals surface area contributed by atoms with Crippen molar-refractivity contribution in [1.29, 1.82) is 0 Å². The maximum atomic E-state index is 14.2. The van der Waals surface area contributed by atoms with E-state index in [2.05, 4.69) is 15.0 Å². The molecule has 0 aliphatic rings. The first-order chi connectivity index (χ1) is 9.99. The normalized spacial score (nSPS) is 11.1. The van der Waals surface area contributed by atoms with Crippen LogP contribution in [0.2, 0.25) is 10.3 Å². The molecule has 114 valence electrons. The third-order valence-electron chi connectivity index (χ3n) is 2.86. The van der Waals surface area contributed by atoms with Crippen LogP contribution in [0.1, 0.15) is 6.42 Å². The Hall–Kier alpha value is -0.890. The van der Waals surface area contributed by atoms with Crippen molar-refractivity contribution in [3.8, 4) is 0 Å². The number of thioether (sulfide) groups is 1. The van der Waals surface area contributed by atoms with E-state index in [1.54, 1.807) is 18.2 Å². The molecule has 0 atom stereocenters. The smallest absolute Gasteiger partial charge is 0.189 e. The number of hydrogen-bond acceptors (Lipinski definition) is 6. The van der Waals surface area contributed by atoms with E-state index in [4.69, 9.17) is 28.3 Å². The Morgan fingerprint density at radius 3 is 2.57 bits per heavy atom. The highest BCUT2D eigenvalue weighted by Gasteiger charge is 2.20. The Kier molecular flexibility index (Phi) is 5.43. The van der Waals surface area contributed by atoms with Crippen LogP contribution in [0, 0.1) is 5.82 Å². The summed E-state index contributed by atoms with van der Waals surface area (Å²) in [6.07, 6.45) is 2.35. The van der Waals surface area contributed by atoms with Gasteiger partial charge >= 0.3 is 0 Å². The van der Waals surface area contributed by atoms with E-state index in [-0.39, 0.29) is 22.4 Å². The lowest BCUT2D eigenvalue weighted by molar-refractivity contribution is 0.290. The number of halogens is 3. The summed E-state index contributed by atoms with van der Waals surface area (Å²) in [5, 5.41) is 9.39. The molecule has 0 bridgehead atoms. The molecule has 0 saturated carbocycles. The molecule has 0 unspecified atom stereocenters. The second-order valence-corrected chi connectivity index (χ2v) is 5.75. The number of fused-ring (bicyclic) bond motifs is 1. The van der Waals surface area contributed by atoms with Gasteiger partial charge in [0, 0.05) is 20.2 Å². The first-order valence-corrected chi connectivity index (χ1v) is 8.05. The first kappa shape index (κ1) is 16.5. The van der Waals surface area contributed by atoms with Crippen molar-refractivity contribution in [3.63, 3.8) is 0 Å². The van der Waals surface area contributed by atoms with Crippen LogP contribution in [0.15, 0.2) is 5.16 Å². The quantitative estimate of drug-likeness (QED) is 0.508. The van der Waals surface area contributed by atoms with Gasteiger partial charge in [0.25, 0.3) is 0 Å². The highest BCUT2D eigenvalue weighted by molar-refractivity contribution is 7.98. The molecular formula is C12H13Cl2FN4OS. The molecule has 21 heavy (non-hydrogen) atoms. The van der Waals surface area contributed by atoms with E-state index in [1.807, 2.05) is 0 Å². The summed E-state index contributed by atoms with van der Waals surface area (Å²) in [6, 6.07) is 0. The minimum Gasteiger partial charge on any atom is -0.396 e. The lowest BCUT2D eigenvalue weighted by Crippen LogP contribution is -2.21. The average molecular weight is 351 g/mol. The number of anilines is 1. The zero-order valence-electron chi connectivity index (χ0n) is 11.4. The molecule has 0 amide bonds. The van der Waals surface area contributed by atoms with Crippen LogP contribution in [-0.4, -0.2) is 46.5 Å². The van der Waals surface area contributed by atoms with Gasteiger partial charge < -0.3 is 10.0 Å². The predicted octanol–water partition coefficient (Wildman–Crippen LogP) is 3.01. The van der Waals surface area contributed by atoms with Crippen molar-refractivity contribution >= 4 is 51.7 Å². The standard InChI is InChI=1S/C12H13Cl2FN4OS/c1-19(4-3-5-20)11-6-8(16-12(18-11)21-2)7(15)10(14)17-9(6)13/h20H,3-5H2,1-2H3. The van der Waals surface area contributed by atoms with Gasteiger partial charge in [-0.25, -0.2) is 19.3 Å². The molecule has 2 aromatic heterocycles. The van der Waals surface area contributed by atoms with E-state index in [1.165, 1.54) is 11.8 Å². The summed E-state index contributed by atoms with van der Waals surface area (Å²) in [7, 11) is 1.78. The molecule has 0 spiro atoms. The summed E-state index contributed by atoms with van der Waals surface area (Å²) >= 11 is 13.1. The largest absolute Gasteiger partial charge is 0.396 e. The molecule has 0 aliphatic carbocycles. The van der Waals surface area contributed by atoms with Crippen LogP contribution >= 0.6 is 35.0 Å². The van der Waals surface area contributed by atoms with Crippen molar-refractivity contribution in [2.45, 2.75) is 11.6 Å². The molecule has 0 aliphatic heterocycles. The Morgan fingerprint density at radius 2 is 1.95 bits per heavy atom. The molecule has 0 fully saturated rings. The van der Waals surface area contributed by atoms with Gasteiger partial charge in [-0.1, -0.05) is 35.0 Å². The summed E-state index contributed by atoms with van der Waals surface area (Å²) in [4.78, 5) is 14.0. The Labute approximate surface area is 135 Å². The molecule has 5 nitrogen and oxygen atoms in total. The van der Waals surface area contributed by atoms with Crippen LogP contribution in [0.3, 0.4) is 0 Å². The van der Waals surface area contributed by atoms with E-state index < -0.39 is 5.82 Å². The second-order valence-electron chi connectivity index (χ2n) is 4.26. The van der Waals surface area contributed by atoms with Crippen molar-refractivity contribution in [2.24, 2.45) is 0 Å². The van der Waals surface area contributed by atoms with Crippen LogP contribution in [0.4, 0.5) is 10.2 Å². The minimum absolute atomic E-state index is 0.0465. The number of aliphatic hydroxyl groups excluding tert-OH is 1. The summed E-state index contributed by atoms with van der Waals surface area (Å²) in [5.41, 5.74) is 0.0465. The number of aliphatic hydroxyl groups is 1. The van der Waals surface area contributed by atoms with E-state index in [0.717, 1.165) is 0 Å². The fraction of sp³-hybridized carbons (Fsp3) is 0.417. The van der Waals surface area contributed by atoms with Gasteiger partial charge in [-0.15, -0.1) is 0 Å². The van der Waals surface area contributed by atoms with E-state index >= 15 is 0 Å². The monoisotopic (exact) mass is 350 g/mol. The van der Waals surface area contributed by atoms with Gasteiger partial charge in [0.15, 0.2) is 16.1 Å². The molecule has 2 heterocycles. The summed E-state index contributed by atoms with van der Waals surface area (Å²) in [5.74, 6) is -0.253. The molecule has 2 rings (SSSR count). The minimum atomic E-state index is -0.717. The van der Waals surface area contributed by atoms with Gasteiger partial charge in [-0.3, -0.25) is 0 Å². The third kappa shape index (κ3) is 3.31. The Bertz CT molecular complexity index is 673. The maximum Gasteiger partial charge on any atom is 0.189 e. The molecule has 2 aromatic rings. The van der Waals surface area contributed by atoms with Crippen molar-refractivity contribution in [1.82, 2.24) is 15.0 Å². The fourth-order valence-corrected chi connectivity index (χ4v) is 2.68. The summed E-state index contributed by atoms with van der Waals surface area (Å²) in [6.45, 7) is 0.589. The number of pyridine rings is 1. The molecular weight excluding hydrogens is 338 g/mol. The first-order valence-electron chi connectivity index (χ1n) is 6.07. The Balaban J connectivity index is 2.70. The van der Waals surface area contributed by atoms with Gasteiger partial charge in [0.2, 0.25) is 0 Å². The van der Waals surface area contributed by atoms with Crippen LogP contribution in [-0.2, 0) is 0 Å². The van der Waals surface area contributed by atoms with Crippen molar-refractivity contribution in [3.05, 3.63) is 16.1 Å². The zero-order chi connectivity index (χ0) is 15.6. The number of aromatic nitrogens is 3. The Morgan fingerprint density at radius 1 is 1.24 bits per heavy atom. The molecule has 9 heteroatoms. The van der Waals surface area contributed by atoms with E-state index in [9.17, 15) is 4.39 Å². The molecule has 0 radical (unpaired) electrons. The van der Waals surface area contributed by atoms with Crippen LogP contribution in [0.5, 0.6) is 0 Å². The van der Waals surface area contributed by atoms with Crippen molar-refractivity contribution in [2.75, 3.05) is 31.4 Å². The second kappa shape index (κ2) is 6.91. The number of nitrogens with zero attached hydrogens (tertiary/aromatic N) is 4. The highest BCUT2D eigenvalue weighted by atomic mass is 35.5. The van der Waals surface area contributed by atoms with E-state index in [0.29, 0.717) is 29.3 Å². The summed E-state index contributed by atoms with van der Waals surface area (Å²) < 4.78 is 14.2. The highest BCUT2D eigenvalue weighted by Crippen LogP contribution is 2.34. The lowest BCUT2D eigenvalue weighted by atomic mass is 10.2. The topological polar surface area (TPSA) is 62.1 Å². The average Bonchev–Trinajstić information content (AvgIpc) is 2.48. The van der Waals surface area contributed by atoms with Gasteiger partial charge in [0.05, 0.1) is 5.39 Å². The fourth-order valence-electron chi connectivity index (χ4n) is 1.85. The molecule has 0 saturated heterocycles. The SMILES string of the molecule is CSc1nc(N(C)CCCO)c2c(Cl)nc(Cl)c(F)c2n1. The van der Waals surface area contributed by atoms with Crippen LogP contribution < -0.4 is 4.90 Å². The predicted molar refractivity (Wildman–Crippen MR) is 84.1 cm³/mol. The van der Waals surface area contributed by atoms with Gasteiger partial charge in [-0.2, -0.15) is 0 Å². The molecule has 0 aromatic carbocycles. The zero-order valence-corrected chi connectivity index (χ0v) is 13.7. The maximum absolute atomic E-state index is 14.2. The van der Waals surface area contributed by atoms with Gasteiger partial charge in [0.1, 0.15) is 16.5 Å². The number of hydrogen-bond donors (Lipinski definition) is 1. The molecule has 1 N–H and O–H groups in total. The lowest BCUT2D eigenvalue weighted by Gasteiger charge is -2.20. The van der Waals surface area contributed by atoms with Gasteiger partial charge in [-0.05, 0) is 12.7 Å². The van der Waals surface area contributed by atoms with Crippen LogP contribution in [0.25, 0.3) is 10.9 Å². The third-order valence-corrected chi connectivity index (χ3v) is 3.93. The van der Waals surface area contributed by atoms with Crippen molar-refractivity contribution < 1.29 is 9.50 Å².